The number of likely N-dealkylation sites (tertiary alicyclic amines) is 1. The largest absolute Gasteiger partial charge is 0.489 e. The van der Waals surface area contributed by atoms with E-state index in [1.807, 2.05) is 24.3 Å². The van der Waals surface area contributed by atoms with Crippen LogP contribution in [0.15, 0.2) is 42.5 Å². The van der Waals surface area contributed by atoms with Crippen LogP contribution in [0.3, 0.4) is 0 Å². The van der Waals surface area contributed by atoms with Gasteiger partial charge >= 0.3 is 0 Å². The van der Waals surface area contributed by atoms with Crippen LogP contribution in [0.25, 0.3) is 0 Å². The average Bonchev–Trinajstić information content (AvgIpc) is 3.32. The number of aliphatic hydroxyl groups is 1. The lowest BCUT2D eigenvalue weighted by atomic mass is 10.1. The first kappa shape index (κ1) is 22.2. The lowest BCUT2D eigenvalue weighted by Gasteiger charge is -2.28. The third-order valence-corrected chi connectivity index (χ3v) is 6.30. The van der Waals surface area contributed by atoms with E-state index >= 15 is 0 Å². The normalized spacial score (nSPS) is 26.1. The van der Waals surface area contributed by atoms with Crippen molar-refractivity contribution in [3.63, 3.8) is 0 Å². The number of carbonyl (C=O) groups excluding carboxylic acids is 1. The van der Waals surface area contributed by atoms with Gasteiger partial charge in [-0.25, -0.2) is 0 Å². The van der Waals surface area contributed by atoms with Crippen molar-refractivity contribution in [2.75, 3.05) is 18.4 Å². The molecule has 0 unspecified atom stereocenters. The van der Waals surface area contributed by atoms with E-state index in [1.165, 1.54) is 6.92 Å². The van der Waals surface area contributed by atoms with Crippen molar-refractivity contribution in [2.45, 2.75) is 50.5 Å². The molecule has 8 heteroatoms. The molecule has 6 nitrogen and oxygen atoms in total. The van der Waals surface area contributed by atoms with E-state index in [4.69, 9.17) is 32.7 Å². The Morgan fingerprint density at radius 2 is 1.81 bits per heavy atom. The molecule has 0 bridgehead atoms. The highest BCUT2D eigenvalue weighted by Crippen LogP contribution is 2.35. The van der Waals surface area contributed by atoms with Crippen LogP contribution in [0.4, 0.5) is 5.69 Å². The van der Waals surface area contributed by atoms with E-state index in [9.17, 15) is 9.90 Å². The Labute approximate surface area is 192 Å². The monoisotopic (exact) mass is 464 g/mol. The molecule has 1 aliphatic heterocycles. The smallest absolute Gasteiger partial charge is 0.221 e. The molecule has 0 aromatic heterocycles. The predicted octanol–water partition coefficient (Wildman–Crippen LogP) is 4.38. The highest BCUT2D eigenvalue weighted by molar-refractivity contribution is 6.31. The molecule has 2 aliphatic rings. The van der Waals surface area contributed by atoms with E-state index in [0.717, 1.165) is 38.1 Å². The first-order valence-corrected chi connectivity index (χ1v) is 11.2. The number of carbonyl (C=O) groups is 1. The van der Waals surface area contributed by atoms with E-state index < -0.39 is 6.10 Å². The quantitative estimate of drug-likeness (QED) is 0.663. The van der Waals surface area contributed by atoms with Gasteiger partial charge in [0.15, 0.2) is 0 Å². The van der Waals surface area contributed by atoms with E-state index in [0.29, 0.717) is 21.5 Å². The van der Waals surface area contributed by atoms with Gasteiger partial charge in [0, 0.05) is 36.1 Å². The average molecular weight is 465 g/mol. The first-order chi connectivity index (χ1) is 14.9. The van der Waals surface area contributed by atoms with Crippen LogP contribution in [0.5, 0.6) is 11.5 Å². The van der Waals surface area contributed by atoms with Gasteiger partial charge in [-0.1, -0.05) is 23.2 Å². The number of ether oxygens (including phenoxy) is 2. The van der Waals surface area contributed by atoms with Crippen LogP contribution in [-0.4, -0.2) is 53.4 Å². The van der Waals surface area contributed by atoms with Crippen LogP contribution in [0, 0.1) is 0 Å². The number of halogens is 2. The zero-order valence-corrected chi connectivity index (χ0v) is 18.8. The fourth-order valence-corrected chi connectivity index (χ4v) is 4.66. The van der Waals surface area contributed by atoms with Gasteiger partial charge in [0.2, 0.25) is 5.91 Å². The van der Waals surface area contributed by atoms with Crippen molar-refractivity contribution in [3.8, 4) is 11.5 Å². The number of benzene rings is 2. The second-order valence-electron chi connectivity index (χ2n) is 8.09. The van der Waals surface area contributed by atoms with Gasteiger partial charge in [0.05, 0.1) is 5.69 Å². The molecule has 1 saturated carbocycles. The Morgan fingerprint density at radius 3 is 2.55 bits per heavy atom. The molecule has 2 aromatic rings. The van der Waals surface area contributed by atoms with Crippen LogP contribution in [0.2, 0.25) is 10.0 Å². The molecule has 2 aromatic carbocycles. The van der Waals surface area contributed by atoms with Crippen LogP contribution >= 0.6 is 23.2 Å². The molecule has 1 amide bonds. The maximum Gasteiger partial charge on any atom is 0.221 e. The second-order valence-corrected chi connectivity index (χ2v) is 8.96. The first-order valence-electron chi connectivity index (χ1n) is 10.5. The summed E-state index contributed by atoms with van der Waals surface area (Å²) >= 11 is 12.0. The van der Waals surface area contributed by atoms with Gasteiger partial charge in [-0.2, -0.15) is 0 Å². The summed E-state index contributed by atoms with van der Waals surface area (Å²) in [7, 11) is 0. The number of anilines is 1. The highest BCUT2D eigenvalue weighted by atomic mass is 35.5. The van der Waals surface area contributed by atoms with Crippen molar-refractivity contribution in [1.82, 2.24) is 4.90 Å². The number of hydrogen-bond acceptors (Lipinski definition) is 5. The van der Waals surface area contributed by atoms with Crippen LogP contribution in [-0.2, 0) is 4.79 Å². The summed E-state index contributed by atoms with van der Waals surface area (Å²) in [5, 5.41) is 14.9. The van der Waals surface area contributed by atoms with Crippen molar-refractivity contribution in [3.05, 3.63) is 52.5 Å². The molecule has 0 radical (unpaired) electrons. The van der Waals surface area contributed by atoms with Gasteiger partial charge in [-0.15, -0.1) is 0 Å². The van der Waals surface area contributed by atoms with Gasteiger partial charge in [-0.3, -0.25) is 9.69 Å². The lowest BCUT2D eigenvalue weighted by molar-refractivity contribution is -0.114. The number of nitrogens with zero attached hydrogens (tertiary/aromatic N) is 1. The molecule has 1 saturated heterocycles. The predicted molar refractivity (Wildman–Crippen MR) is 121 cm³/mol. The molecule has 2 fully saturated rings. The van der Waals surface area contributed by atoms with Crippen molar-refractivity contribution in [2.24, 2.45) is 0 Å². The van der Waals surface area contributed by atoms with Crippen molar-refractivity contribution >= 4 is 34.8 Å². The third-order valence-electron chi connectivity index (χ3n) is 5.81. The van der Waals surface area contributed by atoms with Gasteiger partial charge < -0.3 is 19.9 Å². The van der Waals surface area contributed by atoms with Crippen LogP contribution in [0.1, 0.15) is 26.2 Å². The fourth-order valence-electron chi connectivity index (χ4n) is 4.36. The summed E-state index contributed by atoms with van der Waals surface area (Å²) in [5.74, 6) is 1.10. The maximum absolute atomic E-state index is 11.5. The number of hydrogen-bond donors (Lipinski definition) is 2. The third kappa shape index (κ3) is 5.44. The summed E-state index contributed by atoms with van der Waals surface area (Å²) in [4.78, 5) is 13.8. The Kier molecular flexibility index (Phi) is 6.92. The lowest BCUT2D eigenvalue weighted by Crippen LogP contribution is -2.44. The van der Waals surface area contributed by atoms with E-state index in [2.05, 4.69) is 10.2 Å². The maximum atomic E-state index is 11.5. The molecule has 166 valence electrons. The second kappa shape index (κ2) is 9.65. The highest BCUT2D eigenvalue weighted by Gasteiger charge is 2.42. The Bertz CT molecular complexity index is 924. The van der Waals surface area contributed by atoms with Gasteiger partial charge in [-0.05, 0) is 61.7 Å². The molecule has 4 atom stereocenters. The SMILES string of the molecule is CC(=O)Nc1cc(Cl)ccc1O[C@@H]1CC[C@@H](N2CC[C@H](Oc3ccc(Cl)cc3)C2)[C@@H]1O. The minimum absolute atomic E-state index is 0.0142. The Hall–Kier alpha value is -1.99. The van der Waals surface area contributed by atoms with Gasteiger partial charge in [0.25, 0.3) is 0 Å². The molecule has 1 aliphatic carbocycles. The summed E-state index contributed by atoms with van der Waals surface area (Å²) < 4.78 is 12.2. The Balaban J connectivity index is 1.36. The minimum Gasteiger partial charge on any atom is -0.489 e. The molecule has 31 heavy (non-hydrogen) atoms. The number of rotatable bonds is 6. The summed E-state index contributed by atoms with van der Waals surface area (Å²) in [6, 6.07) is 12.5. The Morgan fingerprint density at radius 1 is 1.06 bits per heavy atom. The van der Waals surface area contributed by atoms with Crippen molar-refractivity contribution in [1.29, 1.82) is 0 Å². The fraction of sp³-hybridized carbons (Fsp3) is 0.435. The molecular weight excluding hydrogens is 439 g/mol. The van der Waals surface area contributed by atoms with Crippen molar-refractivity contribution < 1.29 is 19.4 Å². The van der Waals surface area contributed by atoms with E-state index in [-0.39, 0.29) is 24.2 Å². The number of amides is 1. The molecule has 0 spiro atoms. The molecule has 1 heterocycles. The standard InChI is InChI=1S/C23H26Cl2N2O4/c1-14(28)26-19-12-16(25)4-8-21(19)31-22-9-7-20(23(22)29)27-11-10-18(13-27)30-17-5-2-15(24)3-6-17/h2-6,8,12,18,20,22-23,29H,7,9-11,13H2,1H3,(H,26,28)/t18-,20+,22+,23-/m0/s1. The molecular formula is C23H26Cl2N2O4. The number of nitrogens with one attached hydrogen (secondary N) is 1. The van der Waals surface area contributed by atoms with Crippen LogP contribution < -0.4 is 14.8 Å². The number of aliphatic hydroxyl groups excluding tert-OH is 1. The zero-order chi connectivity index (χ0) is 22.0. The topological polar surface area (TPSA) is 71.0 Å². The minimum atomic E-state index is -0.630. The molecule has 4 rings (SSSR count). The summed E-state index contributed by atoms with van der Waals surface area (Å²) in [6.45, 7) is 3.06. The van der Waals surface area contributed by atoms with E-state index in [1.54, 1.807) is 18.2 Å². The van der Waals surface area contributed by atoms with Gasteiger partial charge in [0.1, 0.15) is 29.8 Å². The summed E-state index contributed by atoms with van der Waals surface area (Å²) in [5.41, 5.74) is 0.508. The zero-order valence-electron chi connectivity index (χ0n) is 17.3. The summed E-state index contributed by atoms with van der Waals surface area (Å²) in [6.07, 6.45) is 1.57. The molecule has 2 N–H and O–H groups in total.